The van der Waals surface area contributed by atoms with E-state index in [1.165, 1.54) is 0 Å². The summed E-state index contributed by atoms with van der Waals surface area (Å²) in [6.07, 6.45) is 5.43. The second-order valence-electron chi connectivity index (χ2n) is 6.45. The van der Waals surface area contributed by atoms with Gasteiger partial charge in [0, 0.05) is 17.7 Å². The Bertz CT molecular complexity index is 976. The van der Waals surface area contributed by atoms with Crippen molar-refractivity contribution in [3.05, 3.63) is 53.6 Å². The number of aliphatic hydroxyl groups is 1. The zero-order chi connectivity index (χ0) is 17.6. The van der Waals surface area contributed by atoms with E-state index in [0.717, 1.165) is 18.4 Å². The van der Waals surface area contributed by atoms with Crippen LogP contribution < -0.4 is 5.32 Å². The number of hydrogen-bond donors (Lipinski definition) is 2. The fraction of sp³-hybridized carbons (Fsp3) is 0.263. The fourth-order valence-electron chi connectivity index (χ4n) is 2.95. The summed E-state index contributed by atoms with van der Waals surface area (Å²) in [7, 11) is 0. The molecular formula is C19H18FN3O2. The molecule has 5 nitrogen and oxygen atoms in total. The number of fused-ring (bicyclic) bond motifs is 1. The molecule has 128 valence electrons. The predicted octanol–water partition coefficient (Wildman–Crippen LogP) is 3.29. The van der Waals surface area contributed by atoms with Crippen molar-refractivity contribution >= 4 is 17.4 Å². The summed E-state index contributed by atoms with van der Waals surface area (Å²) < 4.78 is 16.1. The van der Waals surface area contributed by atoms with Crippen LogP contribution in [0.3, 0.4) is 0 Å². The molecule has 3 aromatic rings. The molecule has 1 aliphatic carbocycles. The summed E-state index contributed by atoms with van der Waals surface area (Å²) in [5, 5.41) is 12.4. The lowest BCUT2D eigenvalue weighted by atomic mass is 9.98. The molecule has 25 heavy (non-hydrogen) atoms. The van der Waals surface area contributed by atoms with E-state index in [0.29, 0.717) is 22.6 Å². The summed E-state index contributed by atoms with van der Waals surface area (Å²) in [5.74, 6) is 0.240. The Labute approximate surface area is 144 Å². The lowest BCUT2D eigenvalue weighted by Crippen LogP contribution is -2.13. The molecule has 2 aromatic heterocycles. The fourth-order valence-corrected chi connectivity index (χ4v) is 2.95. The van der Waals surface area contributed by atoms with Gasteiger partial charge in [-0.25, -0.2) is 9.37 Å². The van der Waals surface area contributed by atoms with Gasteiger partial charge in [0.05, 0.1) is 12.8 Å². The average Bonchev–Trinajstić information content (AvgIpc) is 3.37. The molecule has 0 aliphatic heterocycles. The summed E-state index contributed by atoms with van der Waals surface area (Å²) in [5.41, 5.74) is 2.88. The Morgan fingerprint density at radius 2 is 2.12 bits per heavy atom. The van der Waals surface area contributed by atoms with E-state index in [2.05, 4.69) is 10.3 Å². The number of aryl methyl sites for hydroxylation is 1. The van der Waals surface area contributed by atoms with E-state index < -0.39 is 0 Å². The highest BCUT2D eigenvalue weighted by atomic mass is 19.1. The Morgan fingerprint density at radius 1 is 1.32 bits per heavy atom. The van der Waals surface area contributed by atoms with Crippen molar-refractivity contribution in [2.24, 2.45) is 5.92 Å². The molecular weight excluding hydrogens is 321 g/mol. The van der Waals surface area contributed by atoms with Crippen molar-refractivity contribution in [2.75, 3.05) is 5.32 Å². The first kappa shape index (κ1) is 15.8. The number of pyridine rings is 1. The lowest BCUT2D eigenvalue weighted by molar-refractivity contribution is -0.117. The molecule has 1 fully saturated rings. The SMILES string of the molecule is Cc1ccc(-c2ccc3nc(NC(=O)C4CC4)cn3c2)c(CO)c1F. The van der Waals surface area contributed by atoms with E-state index in [-0.39, 0.29) is 29.8 Å². The van der Waals surface area contributed by atoms with Crippen LogP contribution in [0.15, 0.2) is 36.7 Å². The normalized spacial score (nSPS) is 14.0. The van der Waals surface area contributed by atoms with Crippen LogP contribution in [0.25, 0.3) is 16.8 Å². The number of imidazole rings is 1. The molecule has 1 aromatic carbocycles. The molecule has 0 atom stereocenters. The third kappa shape index (κ3) is 2.89. The first-order valence-corrected chi connectivity index (χ1v) is 8.25. The molecule has 4 rings (SSSR count). The number of amides is 1. The highest BCUT2D eigenvalue weighted by Crippen LogP contribution is 2.31. The minimum Gasteiger partial charge on any atom is -0.392 e. The third-order valence-corrected chi connectivity index (χ3v) is 4.56. The number of benzene rings is 1. The van der Waals surface area contributed by atoms with Crippen molar-refractivity contribution in [1.29, 1.82) is 0 Å². The maximum Gasteiger partial charge on any atom is 0.228 e. The topological polar surface area (TPSA) is 66.6 Å². The number of hydrogen-bond acceptors (Lipinski definition) is 3. The van der Waals surface area contributed by atoms with Crippen LogP contribution in [0.5, 0.6) is 0 Å². The van der Waals surface area contributed by atoms with Gasteiger partial charge < -0.3 is 14.8 Å². The van der Waals surface area contributed by atoms with Gasteiger partial charge in [0.15, 0.2) is 5.82 Å². The van der Waals surface area contributed by atoms with Crippen LogP contribution in [0.2, 0.25) is 0 Å². The molecule has 0 spiro atoms. The first-order chi connectivity index (χ1) is 12.1. The largest absolute Gasteiger partial charge is 0.392 e. The number of rotatable bonds is 4. The van der Waals surface area contributed by atoms with Crippen LogP contribution in [0.1, 0.15) is 24.0 Å². The molecule has 0 unspecified atom stereocenters. The second-order valence-corrected chi connectivity index (χ2v) is 6.45. The van der Waals surface area contributed by atoms with Crippen molar-refractivity contribution in [3.8, 4) is 11.1 Å². The van der Waals surface area contributed by atoms with Crippen LogP contribution in [0.4, 0.5) is 10.2 Å². The minimum atomic E-state index is -0.386. The Morgan fingerprint density at radius 3 is 2.84 bits per heavy atom. The minimum absolute atomic E-state index is 0.00630. The summed E-state index contributed by atoms with van der Waals surface area (Å²) in [6, 6.07) is 7.14. The van der Waals surface area contributed by atoms with Gasteiger partial charge in [0.2, 0.25) is 5.91 Å². The van der Waals surface area contributed by atoms with Crippen LogP contribution >= 0.6 is 0 Å². The molecule has 1 saturated carbocycles. The lowest BCUT2D eigenvalue weighted by Gasteiger charge is -2.11. The molecule has 1 amide bonds. The zero-order valence-corrected chi connectivity index (χ0v) is 13.8. The molecule has 0 radical (unpaired) electrons. The zero-order valence-electron chi connectivity index (χ0n) is 13.8. The van der Waals surface area contributed by atoms with Crippen molar-refractivity contribution in [3.63, 3.8) is 0 Å². The molecule has 0 bridgehead atoms. The Balaban J connectivity index is 1.71. The average molecular weight is 339 g/mol. The van der Waals surface area contributed by atoms with Crippen LogP contribution in [0, 0.1) is 18.7 Å². The summed E-state index contributed by atoms with van der Waals surface area (Å²) in [6.45, 7) is 1.31. The number of halogens is 1. The first-order valence-electron chi connectivity index (χ1n) is 8.25. The third-order valence-electron chi connectivity index (χ3n) is 4.56. The van der Waals surface area contributed by atoms with E-state index in [4.69, 9.17) is 0 Å². The van der Waals surface area contributed by atoms with Crippen molar-refractivity contribution in [1.82, 2.24) is 9.38 Å². The molecule has 2 N–H and O–H groups in total. The van der Waals surface area contributed by atoms with Gasteiger partial charge >= 0.3 is 0 Å². The maximum absolute atomic E-state index is 14.3. The van der Waals surface area contributed by atoms with E-state index in [1.54, 1.807) is 35.7 Å². The molecule has 0 saturated heterocycles. The number of anilines is 1. The van der Waals surface area contributed by atoms with Crippen molar-refractivity contribution in [2.45, 2.75) is 26.4 Å². The van der Waals surface area contributed by atoms with Gasteiger partial charge in [0.1, 0.15) is 11.5 Å². The van der Waals surface area contributed by atoms with Gasteiger partial charge in [0.25, 0.3) is 0 Å². The number of nitrogens with zero attached hydrogens (tertiary/aromatic N) is 2. The number of aromatic nitrogens is 2. The number of carbonyl (C=O) groups excluding carboxylic acids is 1. The van der Waals surface area contributed by atoms with E-state index in [1.807, 2.05) is 12.3 Å². The van der Waals surface area contributed by atoms with E-state index >= 15 is 0 Å². The monoisotopic (exact) mass is 339 g/mol. The van der Waals surface area contributed by atoms with Gasteiger partial charge in [-0.15, -0.1) is 0 Å². The van der Waals surface area contributed by atoms with Gasteiger partial charge in [-0.05, 0) is 48.6 Å². The smallest absolute Gasteiger partial charge is 0.228 e. The Hall–Kier alpha value is -2.73. The predicted molar refractivity (Wildman–Crippen MR) is 92.6 cm³/mol. The highest BCUT2D eigenvalue weighted by Gasteiger charge is 2.30. The van der Waals surface area contributed by atoms with Crippen molar-refractivity contribution < 1.29 is 14.3 Å². The molecule has 1 aliphatic rings. The quantitative estimate of drug-likeness (QED) is 0.766. The van der Waals surface area contributed by atoms with Gasteiger partial charge in [-0.2, -0.15) is 0 Å². The van der Waals surface area contributed by atoms with Gasteiger partial charge in [-0.3, -0.25) is 4.79 Å². The van der Waals surface area contributed by atoms with Crippen LogP contribution in [-0.2, 0) is 11.4 Å². The number of nitrogens with one attached hydrogen (secondary N) is 1. The van der Waals surface area contributed by atoms with Gasteiger partial charge in [-0.1, -0.05) is 12.1 Å². The molecule has 6 heteroatoms. The number of carbonyl (C=O) groups is 1. The second kappa shape index (κ2) is 5.97. The summed E-state index contributed by atoms with van der Waals surface area (Å²) >= 11 is 0. The standard InChI is InChI=1S/C19H18FN3O2/c1-11-2-6-14(15(10-24)18(11)20)13-5-7-17-21-16(9-23(17)8-13)22-19(25)12-3-4-12/h2,5-9,12,24H,3-4,10H2,1H3,(H,22,25). The summed E-state index contributed by atoms with van der Waals surface area (Å²) in [4.78, 5) is 16.2. The number of aliphatic hydroxyl groups excluding tert-OH is 1. The Kier molecular flexibility index (Phi) is 3.77. The maximum atomic E-state index is 14.3. The molecule has 2 heterocycles. The highest BCUT2D eigenvalue weighted by molar-refractivity contribution is 5.93. The van der Waals surface area contributed by atoms with E-state index in [9.17, 15) is 14.3 Å². The van der Waals surface area contributed by atoms with Crippen LogP contribution in [-0.4, -0.2) is 20.4 Å².